The number of carbonyl (C=O) groups is 2. The average Bonchev–Trinajstić information content (AvgIpc) is 3.09. The van der Waals surface area contributed by atoms with Gasteiger partial charge in [0.15, 0.2) is 12.5 Å². The molecule has 2 saturated heterocycles. The van der Waals surface area contributed by atoms with Crippen molar-refractivity contribution >= 4 is 27.5 Å². The first-order valence-electron chi connectivity index (χ1n) is 10.9. The molecule has 0 saturated carbocycles. The number of carboxylic acids is 1. The van der Waals surface area contributed by atoms with E-state index in [0.717, 1.165) is 19.2 Å². The summed E-state index contributed by atoms with van der Waals surface area (Å²) in [4.78, 5) is 72.0. The van der Waals surface area contributed by atoms with E-state index in [4.69, 9.17) is 9.47 Å². The molecule has 3 heterocycles. The van der Waals surface area contributed by atoms with Crippen molar-refractivity contribution in [3.8, 4) is 0 Å². The Morgan fingerprint density at radius 3 is 2.16 bits per heavy atom. The molecule has 226 valence electrons. The molecule has 0 bridgehead atoms. The predicted octanol–water partition coefficient (Wildman–Crippen LogP) is -16.1. The number of ether oxygens (including phenoxy) is 2. The number of amides is 1. The van der Waals surface area contributed by atoms with E-state index in [0.29, 0.717) is 4.57 Å². The smallest absolute Gasteiger partial charge is 0.756 e. The topological polar surface area (TPSA) is 331 Å². The fourth-order valence-corrected chi connectivity index (χ4v) is 5.80. The van der Waals surface area contributed by atoms with E-state index in [1.54, 1.807) is 0 Å². The van der Waals surface area contributed by atoms with Gasteiger partial charge >= 0.3 is 94.4 Å². The molecule has 1 aromatic rings. The summed E-state index contributed by atoms with van der Waals surface area (Å²) in [7, 11) is -12.0. The molecule has 2 aliphatic heterocycles. The van der Waals surface area contributed by atoms with Gasteiger partial charge in [0.05, 0.1) is 12.6 Å². The number of phosphoric acid groups is 2. The summed E-state index contributed by atoms with van der Waals surface area (Å²) in [5.41, 5.74) is -1.83. The second kappa shape index (κ2) is 17.7. The van der Waals surface area contributed by atoms with E-state index in [9.17, 15) is 63.6 Å². The minimum Gasteiger partial charge on any atom is -0.756 e. The summed E-state index contributed by atoms with van der Waals surface area (Å²) >= 11 is 0. The quantitative estimate of drug-likeness (QED) is 0.0982. The van der Waals surface area contributed by atoms with Crippen molar-refractivity contribution in [1.29, 1.82) is 0 Å². The number of H-pyrrole nitrogens is 1. The zero-order valence-electron chi connectivity index (χ0n) is 22.9. The number of nitrogens with one attached hydrogen (secondary N) is 2. The largest absolute Gasteiger partial charge is 1.00 e. The van der Waals surface area contributed by atoms with Crippen molar-refractivity contribution in [2.24, 2.45) is 0 Å². The summed E-state index contributed by atoms with van der Waals surface area (Å²) in [5, 5.41) is 53.3. The van der Waals surface area contributed by atoms with Gasteiger partial charge in [-0.2, -0.15) is 0 Å². The third-order valence-electron chi connectivity index (χ3n) is 5.50. The number of hydrogen-bond donors (Lipinski definition) is 6. The molecule has 21 nitrogen and oxygen atoms in total. The molecule has 6 N–H and O–H groups in total. The van der Waals surface area contributed by atoms with Crippen LogP contribution in [0.25, 0.3) is 0 Å². The van der Waals surface area contributed by atoms with E-state index in [1.807, 2.05) is 10.3 Å². The Balaban J connectivity index is 0.00000588. The van der Waals surface area contributed by atoms with Gasteiger partial charge < -0.3 is 59.4 Å². The maximum absolute atomic E-state index is 12.3. The maximum Gasteiger partial charge on any atom is 1.00 e. The first-order valence-corrected chi connectivity index (χ1v) is 13.8. The summed E-state index contributed by atoms with van der Waals surface area (Å²) in [6.07, 6.45) is -15.4. The van der Waals surface area contributed by atoms with Crippen LogP contribution >= 0.6 is 15.6 Å². The van der Waals surface area contributed by atoms with E-state index in [2.05, 4.69) is 13.4 Å². The second-order valence-corrected chi connectivity index (χ2v) is 11.3. The standard InChI is InChI=1S/C17H25N3O18P2.3Na/c1-5(21)18-8-10(24)11(25)13(15(27)28)36-16(8)37-40(32,33)38-39(30,31)34-4-6-9(23)12(26)14(35-6)20-3-2-7(22)19-17(20)29;;;/h2-3,6,8-14,16,23-26H,4H2,1H3,(H,18,21)(H,27,28)(H,30,31)(H,32,33)(H,19,22,29);;;/q;3*+1/p-3. The fourth-order valence-electron chi connectivity index (χ4n) is 3.72. The molecular formula is C17H22N3Na3O18P2. The predicted molar refractivity (Wildman–Crippen MR) is 114 cm³/mol. The van der Waals surface area contributed by atoms with Crippen molar-refractivity contribution in [2.45, 2.75) is 62.1 Å². The van der Waals surface area contributed by atoms with E-state index in [-0.39, 0.29) is 88.7 Å². The van der Waals surface area contributed by atoms with Crippen LogP contribution in [0.4, 0.5) is 0 Å². The summed E-state index contributed by atoms with van der Waals surface area (Å²) in [6.45, 7) is -0.289. The SMILES string of the molecule is CC(=O)NC1C(OP(=O)([O-])OP(=O)([O-])OCC2OC(n3ccc(=O)[nH]c3=O)C(O)C2O)OC(C(=O)[O-])C(O)C1O.[Na+].[Na+].[Na+]. The Bertz CT molecular complexity index is 1330. The number of hydrogen-bond acceptors (Lipinski definition) is 18. The Hall–Kier alpha value is 0.640. The Morgan fingerprint density at radius 1 is 1.02 bits per heavy atom. The monoisotopic (exact) mass is 687 g/mol. The first-order chi connectivity index (χ1) is 18.4. The molecule has 43 heavy (non-hydrogen) atoms. The molecule has 2 fully saturated rings. The number of aliphatic carboxylic acids is 1. The van der Waals surface area contributed by atoms with Crippen LogP contribution in [0.5, 0.6) is 0 Å². The molecule has 26 heteroatoms. The minimum atomic E-state index is -6.09. The molecule has 1 aromatic heterocycles. The molecule has 3 rings (SSSR count). The molecule has 1 amide bonds. The third kappa shape index (κ3) is 11.4. The number of nitrogens with zero attached hydrogens (tertiary/aromatic N) is 1. The molecule has 0 aliphatic carbocycles. The number of aliphatic hydroxyl groups excluding tert-OH is 4. The van der Waals surface area contributed by atoms with Gasteiger partial charge in [0.25, 0.3) is 21.2 Å². The summed E-state index contributed by atoms with van der Waals surface area (Å²) in [5.74, 6) is -3.06. The Labute approximate surface area is 306 Å². The van der Waals surface area contributed by atoms with Crippen LogP contribution < -0.4 is 120 Å². The molecule has 11 atom stereocenters. The van der Waals surface area contributed by atoms with Gasteiger partial charge in [-0.1, -0.05) is 0 Å². The maximum atomic E-state index is 12.3. The van der Waals surface area contributed by atoms with Gasteiger partial charge in [0.1, 0.15) is 42.7 Å². The van der Waals surface area contributed by atoms with Gasteiger partial charge in [-0.15, -0.1) is 0 Å². The van der Waals surface area contributed by atoms with Crippen LogP contribution in [0.15, 0.2) is 21.9 Å². The van der Waals surface area contributed by atoms with Crippen molar-refractivity contribution < 1.29 is 166 Å². The molecule has 0 spiro atoms. The van der Waals surface area contributed by atoms with E-state index in [1.165, 1.54) is 0 Å². The number of rotatable bonds is 10. The van der Waals surface area contributed by atoms with Crippen LogP contribution in [0.2, 0.25) is 0 Å². The third-order valence-corrected chi connectivity index (χ3v) is 8.03. The number of aromatic amines is 1. The zero-order valence-corrected chi connectivity index (χ0v) is 30.7. The van der Waals surface area contributed by atoms with Crippen LogP contribution in [-0.4, -0.2) is 97.4 Å². The fraction of sp³-hybridized carbons (Fsp3) is 0.647. The van der Waals surface area contributed by atoms with Gasteiger partial charge in [0, 0.05) is 19.2 Å². The number of phosphoric ester groups is 2. The number of carbonyl (C=O) groups excluding carboxylic acids is 2. The molecule has 11 unspecified atom stereocenters. The van der Waals surface area contributed by atoms with E-state index < -0.39 is 101 Å². The summed E-state index contributed by atoms with van der Waals surface area (Å²) < 4.78 is 47.6. The van der Waals surface area contributed by atoms with Gasteiger partial charge in [0.2, 0.25) is 5.91 Å². The van der Waals surface area contributed by atoms with E-state index >= 15 is 0 Å². The molecular weight excluding hydrogens is 665 g/mol. The van der Waals surface area contributed by atoms with Crippen molar-refractivity contribution in [1.82, 2.24) is 14.9 Å². The van der Waals surface area contributed by atoms with Crippen molar-refractivity contribution in [3.05, 3.63) is 33.1 Å². The molecule has 0 radical (unpaired) electrons. The zero-order chi connectivity index (χ0) is 30.2. The van der Waals surface area contributed by atoms with Gasteiger partial charge in [-0.05, 0) is 0 Å². The van der Waals surface area contributed by atoms with Crippen molar-refractivity contribution in [2.75, 3.05) is 6.61 Å². The Morgan fingerprint density at radius 2 is 1.63 bits per heavy atom. The Kier molecular flexibility index (Phi) is 18.0. The molecule has 0 aromatic carbocycles. The second-order valence-electron chi connectivity index (χ2n) is 8.39. The molecule has 2 aliphatic rings. The average molecular weight is 687 g/mol. The van der Waals surface area contributed by atoms with Crippen molar-refractivity contribution in [3.63, 3.8) is 0 Å². The van der Waals surface area contributed by atoms with Gasteiger partial charge in [-0.25, -0.2) is 9.11 Å². The van der Waals surface area contributed by atoms with Crippen LogP contribution in [0, 0.1) is 0 Å². The first kappa shape index (κ1) is 43.6. The van der Waals surface area contributed by atoms with Crippen LogP contribution in [0.1, 0.15) is 13.2 Å². The minimum absolute atomic E-state index is 0. The van der Waals surface area contributed by atoms with Gasteiger partial charge in [-0.3, -0.25) is 32.8 Å². The number of carboxylic acid groups (broad SMARTS) is 1. The van der Waals surface area contributed by atoms with Crippen LogP contribution in [0.3, 0.4) is 0 Å². The normalized spacial score (nSPS) is 33.0. The van der Waals surface area contributed by atoms with Crippen LogP contribution in [-0.2, 0) is 41.6 Å². The number of aliphatic hydroxyl groups is 4. The number of aromatic nitrogens is 2. The summed E-state index contributed by atoms with van der Waals surface area (Å²) in [6, 6.07) is -1.06.